The lowest BCUT2D eigenvalue weighted by molar-refractivity contribution is -0.0195. The van der Waals surface area contributed by atoms with Gasteiger partial charge in [0.1, 0.15) is 0 Å². The van der Waals surface area contributed by atoms with Gasteiger partial charge in [-0.05, 0) is 37.5 Å². The number of aliphatic hydroxyl groups is 1. The fraction of sp³-hybridized carbons (Fsp3) is 0.625. The summed E-state index contributed by atoms with van der Waals surface area (Å²) < 4.78 is 5.76. The van der Waals surface area contributed by atoms with Crippen molar-refractivity contribution < 1.29 is 9.84 Å². The third-order valence-electron chi connectivity index (χ3n) is 3.73. The minimum atomic E-state index is -0.506. The average Bonchev–Trinajstić information content (AvgIpc) is 2.47. The lowest BCUT2D eigenvalue weighted by Gasteiger charge is -2.23. The number of hydrogen-bond donors (Lipinski definition) is 2. The molecule has 0 heterocycles. The minimum Gasteiger partial charge on any atom is -0.389 e. The lowest BCUT2D eigenvalue weighted by atomic mass is 9.98. The first-order valence-electron chi connectivity index (χ1n) is 7.45. The van der Waals surface area contributed by atoms with Gasteiger partial charge in [-0.1, -0.05) is 36.9 Å². The predicted octanol–water partition coefficient (Wildman–Crippen LogP) is 3.77. The van der Waals surface area contributed by atoms with E-state index in [1.165, 1.54) is 19.3 Å². The maximum absolute atomic E-state index is 9.97. The van der Waals surface area contributed by atoms with E-state index in [4.69, 9.17) is 16.3 Å². The van der Waals surface area contributed by atoms with Crippen LogP contribution in [0.4, 0.5) is 5.69 Å². The monoisotopic (exact) mass is 297 g/mol. The standard InChI is InChI=1S/C16H24ClNO2/c1-12-7-8-15(17)16(9-12)18-10-13(19)11-20-14-5-3-2-4-6-14/h7-9,13-14,18-19H,2-6,10-11H2,1H3. The van der Waals surface area contributed by atoms with E-state index >= 15 is 0 Å². The lowest BCUT2D eigenvalue weighted by Crippen LogP contribution is -2.28. The van der Waals surface area contributed by atoms with Crippen molar-refractivity contribution in [2.24, 2.45) is 0 Å². The zero-order chi connectivity index (χ0) is 14.4. The number of anilines is 1. The van der Waals surface area contributed by atoms with Gasteiger partial charge in [-0.2, -0.15) is 0 Å². The van der Waals surface area contributed by atoms with Crippen LogP contribution in [0.3, 0.4) is 0 Å². The summed E-state index contributed by atoms with van der Waals surface area (Å²) in [5, 5.41) is 13.8. The number of rotatable bonds is 6. The van der Waals surface area contributed by atoms with Crippen LogP contribution < -0.4 is 5.32 Å². The Morgan fingerprint density at radius 1 is 1.35 bits per heavy atom. The molecule has 4 heteroatoms. The Hall–Kier alpha value is -0.770. The fourth-order valence-corrected chi connectivity index (χ4v) is 2.72. The number of ether oxygens (including phenoxy) is 1. The SMILES string of the molecule is Cc1ccc(Cl)c(NCC(O)COC2CCCCC2)c1. The highest BCUT2D eigenvalue weighted by molar-refractivity contribution is 6.33. The number of aliphatic hydroxyl groups excluding tert-OH is 1. The maximum Gasteiger partial charge on any atom is 0.0945 e. The van der Waals surface area contributed by atoms with Gasteiger partial charge in [0.15, 0.2) is 0 Å². The maximum atomic E-state index is 9.97. The van der Waals surface area contributed by atoms with Crippen molar-refractivity contribution in [1.29, 1.82) is 0 Å². The van der Waals surface area contributed by atoms with Gasteiger partial charge in [-0.25, -0.2) is 0 Å². The predicted molar refractivity (Wildman–Crippen MR) is 83.5 cm³/mol. The number of halogens is 1. The molecule has 0 aromatic heterocycles. The van der Waals surface area contributed by atoms with E-state index in [0.717, 1.165) is 24.1 Å². The van der Waals surface area contributed by atoms with E-state index in [1.807, 2.05) is 25.1 Å². The summed E-state index contributed by atoms with van der Waals surface area (Å²) in [7, 11) is 0. The molecule has 3 nitrogen and oxygen atoms in total. The first-order chi connectivity index (χ1) is 9.65. The molecule has 2 rings (SSSR count). The molecule has 1 aliphatic carbocycles. The minimum absolute atomic E-state index is 0.334. The number of aryl methyl sites for hydroxylation is 1. The Labute approximate surface area is 126 Å². The van der Waals surface area contributed by atoms with E-state index in [2.05, 4.69) is 5.32 Å². The fourth-order valence-electron chi connectivity index (χ4n) is 2.54. The Bertz CT molecular complexity index is 419. The van der Waals surface area contributed by atoms with Gasteiger partial charge in [-0.15, -0.1) is 0 Å². The smallest absolute Gasteiger partial charge is 0.0945 e. The first-order valence-corrected chi connectivity index (χ1v) is 7.82. The molecule has 112 valence electrons. The molecule has 1 fully saturated rings. The summed E-state index contributed by atoms with van der Waals surface area (Å²) in [6.45, 7) is 2.86. The van der Waals surface area contributed by atoms with Crippen LogP contribution in [0.15, 0.2) is 18.2 Å². The Kier molecular flexibility index (Phi) is 6.14. The van der Waals surface area contributed by atoms with Gasteiger partial charge >= 0.3 is 0 Å². The van der Waals surface area contributed by atoms with E-state index in [1.54, 1.807) is 0 Å². The third-order valence-corrected chi connectivity index (χ3v) is 4.06. The van der Waals surface area contributed by atoms with Crippen molar-refractivity contribution in [3.63, 3.8) is 0 Å². The van der Waals surface area contributed by atoms with Crippen molar-refractivity contribution >= 4 is 17.3 Å². The number of nitrogens with one attached hydrogen (secondary N) is 1. The number of hydrogen-bond acceptors (Lipinski definition) is 3. The highest BCUT2D eigenvalue weighted by atomic mass is 35.5. The zero-order valence-corrected chi connectivity index (χ0v) is 12.8. The highest BCUT2D eigenvalue weighted by Crippen LogP contribution is 2.23. The van der Waals surface area contributed by atoms with Crippen LogP contribution in [-0.2, 0) is 4.74 Å². The summed E-state index contributed by atoms with van der Waals surface area (Å²) in [6.07, 6.45) is 5.90. The quantitative estimate of drug-likeness (QED) is 0.840. The normalized spacial score (nSPS) is 17.9. The van der Waals surface area contributed by atoms with Crippen LogP contribution in [0, 0.1) is 6.92 Å². The molecular formula is C16H24ClNO2. The molecule has 1 unspecified atom stereocenters. The van der Waals surface area contributed by atoms with Crippen LogP contribution in [0.1, 0.15) is 37.7 Å². The van der Waals surface area contributed by atoms with Crippen molar-refractivity contribution in [1.82, 2.24) is 0 Å². The molecule has 1 aromatic rings. The first kappa shape index (κ1) is 15.6. The summed E-state index contributed by atoms with van der Waals surface area (Å²) >= 11 is 6.10. The van der Waals surface area contributed by atoms with Gasteiger partial charge in [0.25, 0.3) is 0 Å². The molecule has 2 N–H and O–H groups in total. The molecule has 0 bridgehead atoms. The van der Waals surface area contributed by atoms with E-state index in [-0.39, 0.29) is 0 Å². The Morgan fingerprint density at radius 3 is 2.85 bits per heavy atom. The zero-order valence-electron chi connectivity index (χ0n) is 12.1. The molecule has 0 spiro atoms. The van der Waals surface area contributed by atoms with Gasteiger partial charge in [0.2, 0.25) is 0 Å². The highest BCUT2D eigenvalue weighted by Gasteiger charge is 2.15. The molecule has 1 atom stereocenters. The molecule has 1 aromatic carbocycles. The molecular weight excluding hydrogens is 274 g/mol. The Morgan fingerprint density at radius 2 is 2.10 bits per heavy atom. The summed E-state index contributed by atoms with van der Waals surface area (Å²) in [5.41, 5.74) is 2.01. The summed E-state index contributed by atoms with van der Waals surface area (Å²) in [4.78, 5) is 0. The molecule has 0 saturated heterocycles. The van der Waals surface area contributed by atoms with E-state index in [0.29, 0.717) is 24.3 Å². The largest absolute Gasteiger partial charge is 0.389 e. The molecule has 0 aliphatic heterocycles. The van der Waals surface area contributed by atoms with Gasteiger partial charge < -0.3 is 15.2 Å². The molecule has 20 heavy (non-hydrogen) atoms. The van der Waals surface area contributed by atoms with Crippen LogP contribution in [0.2, 0.25) is 5.02 Å². The van der Waals surface area contributed by atoms with Crippen LogP contribution in [-0.4, -0.2) is 30.5 Å². The van der Waals surface area contributed by atoms with Crippen molar-refractivity contribution in [3.05, 3.63) is 28.8 Å². The summed E-state index contributed by atoms with van der Waals surface area (Å²) in [6, 6.07) is 5.82. The van der Waals surface area contributed by atoms with Gasteiger partial charge in [0.05, 0.1) is 29.5 Å². The topological polar surface area (TPSA) is 41.5 Å². The second-order valence-electron chi connectivity index (χ2n) is 5.61. The third kappa shape index (κ3) is 4.97. The van der Waals surface area contributed by atoms with Gasteiger partial charge in [0, 0.05) is 6.54 Å². The second kappa shape index (κ2) is 7.87. The van der Waals surface area contributed by atoms with E-state index in [9.17, 15) is 5.11 Å². The average molecular weight is 298 g/mol. The van der Waals surface area contributed by atoms with Crippen molar-refractivity contribution in [2.75, 3.05) is 18.5 Å². The van der Waals surface area contributed by atoms with Gasteiger partial charge in [-0.3, -0.25) is 0 Å². The molecule has 1 aliphatic rings. The van der Waals surface area contributed by atoms with Crippen molar-refractivity contribution in [2.45, 2.75) is 51.2 Å². The Balaban J connectivity index is 1.71. The van der Waals surface area contributed by atoms with Crippen LogP contribution in [0.5, 0.6) is 0 Å². The number of benzene rings is 1. The van der Waals surface area contributed by atoms with Crippen LogP contribution >= 0.6 is 11.6 Å². The van der Waals surface area contributed by atoms with E-state index < -0.39 is 6.10 Å². The van der Waals surface area contributed by atoms with Crippen molar-refractivity contribution in [3.8, 4) is 0 Å². The second-order valence-corrected chi connectivity index (χ2v) is 6.02. The summed E-state index contributed by atoms with van der Waals surface area (Å²) in [5.74, 6) is 0. The van der Waals surface area contributed by atoms with Crippen LogP contribution in [0.25, 0.3) is 0 Å². The molecule has 0 amide bonds. The molecule has 1 saturated carbocycles. The molecule has 0 radical (unpaired) electrons.